The van der Waals surface area contributed by atoms with Crippen molar-refractivity contribution in [1.29, 1.82) is 0 Å². The number of imidazole rings is 1. The highest BCUT2D eigenvalue weighted by atomic mass is 16.5. The predicted octanol–water partition coefficient (Wildman–Crippen LogP) is 1.02. The number of carbonyl (C=O) groups excluding carboxylic acids is 1. The Labute approximate surface area is 154 Å². The average Bonchev–Trinajstić information content (AvgIpc) is 3.17. The lowest BCUT2D eigenvalue weighted by Gasteiger charge is -2.20. The van der Waals surface area contributed by atoms with Crippen LogP contribution in [0.5, 0.6) is 0 Å². The molecule has 2 aromatic rings. The van der Waals surface area contributed by atoms with E-state index < -0.39 is 0 Å². The molecule has 0 aliphatic carbocycles. The molecule has 0 bridgehead atoms. The van der Waals surface area contributed by atoms with Crippen LogP contribution in [0.1, 0.15) is 11.4 Å². The minimum absolute atomic E-state index is 0.0307. The Bertz CT molecular complexity index is 758. The van der Waals surface area contributed by atoms with Gasteiger partial charge in [0, 0.05) is 32.2 Å². The van der Waals surface area contributed by atoms with Crippen LogP contribution < -0.4 is 0 Å². The Morgan fingerprint density at radius 2 is 2.15 bits per heavy atom. The van der Waals surface area contributed by atoms with Crippen LogP contribution in [-0.2, 0) is 16.1 Å². The highest BCUT2D eigenvalue weighted by Crippen LogP contribution is 2.23. The van der Waals surface area contributed by atoms with Gasteiger partial charge in [-0.1, -0.05) is 6.07 Å². The van der Waals surface area contributed by atoms with Crippen LogP contribution in [-0.4, -0.2) is 77.7 Å². The Kier molecular flexibility index (Phi) is 5.90. The number of nitrogens with one attached hydrogen (secondary N) is 1. The maximum Gasteiger partial charge on any atom is 0.248 e. The number of ether oxygens (including phenoxy) is 1. The number of likely N-dealkylation sites (tertiary alicyclic amines) is 1. The summed E-state index contributed by atoms with van der Waals surface area (Å²) < 4.78 is 5.58. The van der Waals surface area contributed by atoms with Gasteiger partial charge < -0.3 is 24.6 Å². The molecule has 7 heteroatoms. The molecule has 0 unspecified atom stereocenters. The van der Waals surface area contributed by atoms with Gasteiger partial charge in [-0.3, -0.25) is 4.79 Å². The van der Waals surface area contributed by atoms with E-state index in [1.807, 2.05) is 39.2 Å². The number of aromatic nitrogens is 2. The van der Waals surface area contributed by atoms with Gasteiger partial charge in [0.05, 0.1) is 11.0 Å². The van der Waals surface area contributed by atoms with Crippen molar-refractivity contribution in [3.8, 4) is 0 Å². The Morgan fingerprint density at radius 1 is 1.38 bits per heavy atom. The van der Waals surface area contributed by atoms with Crippen molar-refractivity contribution in [1.82, 2.24) is 19.8 Å². The van der Waals surface area contributed by atoms with Crippen LogP contribution in [0, 0.1) is 18.8 Å². The molecule has 0 radical (unpaired) electrons. The Balaban J connectivity index is 1.50. The number of aromatic amines is 1. The number of aryl methyl sites for hydroxylation is 1. The van der Waals surface area contributed by atoms with E-state index in [1.54, 1.807) is 4.90 Å². The molecule has 1 aliphatic rings. The summed E-state index contributed by atoms with van der Waals surface area (Å²) in [7, 11) is 4.02. The lowest BCUT2D eigenvalue weighted by Crippen LogP contribution is -2.33. The van der Waals surface area contributed by atoms with E-state index in [0.29, 0.717) is 19.0 Å². The minimum Gasteiger partial charge on any atom is -0.396 e. The van der Waals surface area contributed by atoms with Crippen molar-refractivity contribution >= 4 is 16.9 Å². The molecule has 2 heterocycles. The zero-order valence-corrected chi connectivity index (χ0v) is 15.7. The molecule has 1 amide bonds. The molecule has 1 aromatic heterocycles. The molecule has 1 aromatic carbocycles. The van der Waals surface area contributed by atoms with Crippen LogP contribution in [0.3, 0.4) is 0 Å². The number of benzene rings is 1. The number of fused-ring (bicyclic) bond motifs is 1. The van der Waals surface area contributed by atoms with Gasteiger partial charge in [-0.05, 0) is 44.6 Å². The Hall–Kier alpha value is -1.96. The van der Waals surface area contributed by atoms with Crippen LogP contribution in [0.25, 0.3) is 11.0 Å². The smallest absolute Gasteiger partial charge is 0.248 e. The van der Waals surface area contributed by atoms with Gasteiger partial charge in [0.1, 0.15) is 19.0 Å². The van der Waals surface area contributed by atoms with Crippen LogP contribution in [0.4, 0.5) is 0 Å². The van der Waals surface area contributed by atoms with E-state index in [4.69, 9.17) is 4.74 Å². The lowest BCUT2D eigenvalue weighted by molar-refractivity contribution is -0.135. The number of aliphatic hydroxyl groups is 1. The molecule has 7 nitrogen and oxygen atoms in total. The summed E-state index contributed by atoms with van der Waals surface area (Å²) in [6.07, 6.45) is 0. The fourth-order valence-electron chi connectivity index (χ4n) is 3.60. The molecular formula is C19H28N4O3. The van der Waals surface area contributed by atoms with E-state index in [2.05, 4.69) is 14.9 Å². The highest BCUT2D eigenvalue weighted by Gasteiger charge is 2.34. The number of H-pyrrole nitrogens is 1. The van der Waals surface area contributed by atoms with Crippen LogP contribution >= 0.6 is 0 Å². The second-order valence-electron chi connectivity index (χ2n) is 7.46. The molecular weight excluding hydrogens is 332 g/mol. The summed E-state index contributed by atoms with van der Waals surface area (Å²) in [6, 6.07) is 6.04. The first-order valence-electron chi connectivity index (χ1n) is 9.02. The van der Waals surface area contributed by atoms with Gasteiger partial charge in [-0.2, -0.15) is 0 Å². The SMILES string of the molecule is Cc1ccc2nc(COCC(=O)N3C[C@@H](CN(C)C)[C@@H](CO)C3)[nH]c2c1. The van der Waals surface area contributed by atoms with E-state index in [-0.39, 0.29) is 31.6 Å². The number of hydrogen-bond acceptors (Lipinski definition) is 5. The van der Waals surface area contributed by atoms with Gasteiger partial charge in [0.25, 0.3) is 0 Å². The summed E-state index contributed by atoms with van der Waals surface area (Å²) >= 11 is 0. The number of amides is 1. The molecule has 1 aliphatic heterocycles. The van der Waals surface area contributed by atoms with Crippen molar-refractivity contribution < 1.29 is 14.6 Å². The predicted molar refractivity (Wildman–Crippen MR) is 99.7 cm³/mol. The first-order chi connectivity index (χ1) is 12.5. The van der Waals surface area contributed by atoms with Gasteiger partial charge in [0.2, 0.25) is 5.91 Å². The molecule has 3 rings (SSSR count). The van der Waals surface area contributed by atoms with Gasteiger partial charge in [-0.25, -0.2) is 4.98 Å². The number of hydrogen-bond donors (Lipinski definition) is 2. The quantitative estimate of drug-likeness (QED) is 0.770. The second kappa shape index (κ2) is 8.16. The first kappa shape index (κ1) is 18.8. The van der Waals surface area contributed by atoms with Crippen LogP contribution in [0.2, 0.25) is 0 Å². The molecule has 0 saturated carbocycles. The molecule has 1 fully saturated rings. The molecule has 0 spiro atoms. The van der Waals surface area contributed by atoms with Gasteiger partial charge >= 0.3 is 0 Å². The van der Waals surface area contributed by atoms with E-state index >= 15 is 0 Å². The summed E-state index contributed by atoms with van der Waals surface area (Å²) in [4.78, 5) is 24.0. The second-order valence-corrected chi connectivity index (χ2v) is 7.46. The summed E-state index contributed by atoms with van der Waals surface area (Å²) in [5.74, 6) is 1.13. The number of nitrogens with zero attached hydrogens (tertiary/aromatic N) is 3. The van der Waals surface area contributed by atoms with Crippen molar-refractivity contribution in [3.63, 3.8) is 0 Å². The van der Waals surface area contributed by atoms with Gasteiger partial charge in [0.15, 0.2) is 0 Å². The standard InChI is InChI=1S/C19H28N4O3/c1-13-4-5-16-17(6-13)21-18(20-16)11-26-12-19(25)23-8-14(7-22(2)3)15(9-23)10-24/h4-6,14-15,24H,7-12H2,1-3H3,(H,20,21)/t14-,15-/m1/s1. The van der Waals surface area contributed by atoms with Crippen molar-refractivity contribution in [2.45, 2.75) is 13.5 Å². The third kappa shape index (κ3) is 4.41. The molecule has 2 N–H and O–H groups in total. The number of aliphatic hydroxyl groups excluding tert-OH is 1. The summed E-state index contributed by atoms with van der Waals surface area (Å²) in [5.41, 5.74) is 3.05. The molecule has 2 atom stereocenters. The summed E-state index contributed by atoms with van der Waals surface area (Å²) in [6.45, 7) is 4.60. The number of carbonyl (C=O) groups is 1. The fourth-order valence-corrected chi connectivity index (χ4v) is 3.60. The normalized spacial score (nSPS) is 20.4. The monoisotopic (exact) mass is 360 g/mol. The third-order valence-corrected chi connectivity index (χ3v) is 4.91. The molecule has 26 heavy (non-hydrogen) atoms. The van der Waals surface area contributed by atoms with E-state index in [0.717, 1.165) is 23.4 Å². The maximum absolute atomic E-state index is 12.4. The van der Waals surface area contributed by atoms with E-state index in [9.17, 15) is 9.90 Å². The topological polar surface area (TPSA) is 81.7 Å². The zero-order chi connectivity index (χ0) is 18.7. The lowest BCUT2D eigenvalue weighted by atomic mass is 9.97. The fraction of sp³-hybridized carbons (Fsp3) is 0.579. The van der Waals surface area contributed by atoms with Crippen molar-refractivity contribution in [2.75, 3.05) is 46.9 Å². The molecule has 1 saturated heterocycles. The minimum atomic E-state index is -0.0309. The van der Waals surface area contributed by atoms with Crippen molar-refractivity contribution in [3.05, 3.63) is 29.6 Å². The molecule has 142 valence electrons. The van der Waals surface area contributed by atoms with Crippen LogP contribution in [0.15, 0.2) is 18.2 Å². The van der Waals surface area contributed by atoms with Crippen molar-refractivity contribution in [2.24, 2.45) is 11.8 Å². The zero-order valence-electron chi connectivity index (χ0n) is 15.7. The summed E-state index contributed by atoms with van der Waals surface area (Å²) in [5, 5.41) is 9.56. The Morgan fingerprint density at radius 3 is 2.88 bits per heavy atom. The highest BCUT2D eigenvalue weighted by molar-refractivity contribution is 5.78. The third-order valence-electron chi connectivity index (χ3n) is 4.91. The maximum atomic E-state index is 12.4. The van der Waals surface area contributed by atoms with Gasteiger partial charge in [-0.15, -0.1) is 0 Å². The number of rotatable bonds is 7. The van der Waals surface area contributed by atoms with E-state index in [1.165, 1.54) is 5.56 Å². The first-order valence-corrected chi connectivity index (χ1v) is 9.02. The average molecular weight is 360 g/mol. The largest absolute Gasteiger partial charge is 0.396 e.